The van der Waals surface area contributed by atoms with Gasteiger partial charge < -0.3 is 5.11 Å². The first-order chi connectivity index (χ1) is 9.13. The summed E-state index contributed by atoms with van der Waals surface area (Å²) in [5, 5.41) is 10.8. The van der Waals surface area contributed by atoms with Crippen molar-refractivity contribution in [1.29, 1.82) is 0 Å². The molecule has 2 rings (SSSR count). The van der Waals surface area contributed by atoms with E-state index in [0.29, 0.717) is 16.8 Å². The molecule has 3 heteroatoms. The third-order valence-electron chi connectivity index (χ3n) is 4.23. The summed E-state index contributed by atoms with van der Waals surface area (Å²) >= 11 is 6.07. The Kier molecular flexibility index (Phi) is 5.12. The number of aromatic hydroxyl groups is 1. The number of phenols is 1. The fourth-order valence-corrected chi connectivity index (χ4v) is 3.40. The van der Waals surface area contributed by atoms with Gasteiger partial charge in [0, 0.05) is 22.7 Å². The number of rotatable bonds is 4. The average molecular weight is 282 g/mol. The highest BCUT2D eigenvalue weighted by molar-refractivity contribution is 6.30. The minimum atomic E-state index is 0.232. The van der Waals surface area contributed by atoms with E-state index in [4.69, 9.17) is 11.6 Å². The van der Waals surface area contributed by atoms with Gasteiger partial charge in [-0.25, -0.2) is 0 Å². The molecule has 0 spiro atoms. The highest BCUT2D eigenvalue weighted by atomic mass is 35.5. The molecule has 1 aromatic carbocycles. The van der Waals surface area contributed by atoms with E-state index in [1.165, 1.54) is 32.1 Å². The molecule has 2 nitrogen and oxygen atoms in total. The number of likely N-dealkylation sites (tertiary alicyclic amines) is 1. The Morgan fingerprint density at radius 3 is 2.95 bits per heavy atom. The maximum Gasteiger partial charge on any atom is 0.120 e. The van der Waals surface area contributed by atoms with Crippen molar-refractivity contribution in [2.45, 2.75) is 58.0 Å². The Hall–Kier alpha value is -0.730. The zero-order valence-electron chi connectivity index (χ0n) is 11.9. The smallest absolute Gasteiger partial charge is 0.120 e. The van der Waals surface area contributed by atoms with Gasteiger partial charge in [-0.3, -0.25) is 4.90 Å². The van der Waals surface area contributed by atoms with Gasteiger partial charge in [0.15, 0.2) is 0 Å². The van der Waals surface area contributed by atoms with Crippen LogP contribution in [-0.4, -0.2) is 22.6 Å². The van der Waals surface area contributed by atoms with Crippen LogP contribution >= 0.6 is 11.6 Å². The molecule has 1 saturated heterocycles. The van der Waals surface area contributed by atoms with Crippen molar-refractivity contribution in [2.75, 3.05) is 6.54 Å². The molecular weight excluding hydrogens is 258 g/mol. The van der Waals surface area contributed by atoms with Crippen molar-refractivity contribution in [3.05, 3.63) is 28.8 Å². The summed E-state index contributed by atoms with van der Waals surface area (Å²) in [6.07, 6.45) is 6.32. The third-order valence-corrected chi connectivity index (χ3v) is 4.47. The fraction of sp³-hybridized carbons (Fsp3) is 0.625. The first kappa shape index (κ1) is 14.7. The molecule has 1 aromatic rings. The van der Waals surface area contributed by atoms with Crippen molar-refractivity contribution < 1.29 is 5.11 Å². The van der Waals surface area contributed by atoms with Crippen molar-refractivity contribution in [1.82, 2.24) is 4.90 Å². The molecule has 1 aliphatic rings. The zero-order chi connectivity index (χ0) is 13.8. The van der Waals surface area contributed by atoms with Crippen molar-refractivity contribution >= 4 is 11.6 Å². The second kappa shape index (κ2) is 6.62. The van der Waals surface area contributed by atoms with Crippen molar-refractivity contribution in [2.24, 2.45) is 0 Å². The third kappa shape index (κ3) is 3.43. The van der Waals surface area contributed by atoms with Gasteiger partial charge in [0.1, 0.15) is 5.75 Å². The minimum absolute atomic E-state index is 0.232. The lowest BCUT2D eigenvalue weighted by atomic mass is 9.94. The lowest BCUT2D eigenvalue weighted by molar-refractivity contribution is 0.0950. The lowest BCUT2D eigenvalue weighted by Gasteiger charge is -2.40. The molecular formula is C16H24ClNO. The Balaban J connectivity index is 2.20. The SMILES string of the molecule is CCCC1CCCCN1C(C)c1cc(Cl)ccc1O. The van der Waals surface area contributed by atoms with Crippen LogP contribution in [0.25, 0.3) is 0 Å². The van der Waals surface area contributed by atoms with Crippen LogP contribution in [0, 0.1) is 0 Å². The molecule has 1 fully saturated rings. The van der Waals surface area contributed by atoms with Gasteiger partial charge in [-0.15, -0.1) is 0 Å². The maximum absolute atomic E-state index is 10.1. The van der Waals surface area contributed by atoms with Crippen LogP contribution in [0.1, 0.15) is 57.6 Å². The van der Waals surface area contributed by atoms with Crippen LogP contribution in [-0.2, 0) is 0 Å². The second-order valence-electron chi connectivity index (χ2n) is 5.56. The highest BCUT2D eigenvalue weighted by Gasteiger charge is 2.27. The number of hydrogen-bond acceptors (Lipinski definition) is 2. The number of phenolic OH excluding ortho intramolecular Hbond substituents is 1. The normalized spacial score (nSPS) is 22.4. The van der Waals surface area contributed by atoms with Crippen molar-refractivity contribution in [3.63, 3.8) is 0 Å². The number of piperidine rings is 1. The fourth-order valence-electron chi connectivity index (χ4n) is 3.21. The van der Waals surface area contributed by atoms with Gasteiger partial charge in [0.05, 0.1) is 0 Å². The summed E-state index contributed by atoms with van der Waals surface area (Å²) in [7, 11) is 0. The van der Waals surface area contributed by atoms with E-state index >= 15 is 0 Å². The highest BCUT2D eigenvalue weighted by Crippen LogP contribution is 2.35. The molecule has 1 aliphatic heterocycles. The summed E-state index contributed by atoms with van der Waals surface area (Å²) in [5.74, 6) is 0.359. The largest absolute Gasteiger partial charge is 0.508 e. The van der Waals surface area contributed by atoms with Gasteiger partial charge >= 0.3 is 0 Å². The van der Waals surface area contributed by atoms with Crippen molar-refractivity contribution in [3.8, 4) is 5.75 Å². The molecule has 106 valence electrons. The van der Waals surface area contributed by atoms with Gasteiger partial charge in [0.2, 0.25) is 0 Å². The van der Waals surface area contributed by atoms with E-state index in [-0.39, 0.29) is 6.04 Å². The lowest BCUT2D eigenvalue weighted by Crippen LogP contribution is -2.41. The molecule has 0 radical (unpaired) electrons. The number of nitrogens with zero attached hydrogens (tertiary/aromatic N) is 1. The van der Waals surface area contributed by atoms with Gasteiger partial charge in [0.25, 0.3) is 0 Å². The van der Waals surface area contributed by atoms with Crippen LogP contribution in [0.5, 0.6) is 5.75 Å². The molecule has 1 heterocycles. The molecule has 0 amide bonds. The van der Waals surface area contributed by atoms with Crippen LogP contribution < -0.4 is 0 Å². The molecule has 0 saturated carbocycles. The van der Waals surface area contributed by atoms with E-state index in [2.05, 4.69) is 18.7 Å². The molecule has 2 atom stereocenters. The predicted molar refractivity (Wildman–Crippen MR) is 80.8 cm³/mol. The van der Waals surface area contributed by atoms with Crippen LogP contribution in [0.15, 0.2) is 18.2 Å². The van der Waals surface area contributed by atoms with Crippen LogP contribution in [0.3, 0.4) is 0 Å². The summed E-state index contributed by atoms with van der Waals surface area (Å²) in [6.45, 7) is 5.55. The molecule has 1 N–H and O–H groups in total. The standard InChI is InChI=1S/C16H24ClNO/c1-3-6-14-7-4-5-10-18(14)12(2)15-11-13(17)8-9-16(15)19/h8-9,11-12,14,19H,3-7,10H2,1-2H3. The number of halogens is 1. The van der Waals surface area contributed by atoms with Crippen LogP contribution in [0.4, 0.5) is 0 Å². The molecule has 0 bridgehead atoms. The molecule has 19 heavy (non-hydrogen) atoms. The Bertz CT molecular complexity index is 419. The van der Waals surface area contributed by atoms with E-state index < -0.39 is 0 Å². The quantitative estimate of drug-likeness (QED) is 0.860. The molecule has 2 unspecified atom stereocenters. The monoisotopic (exact) mass is 281 g/mol. The van der Waals surface area contributed by atoms with Gasteiger partial charge in [-0.1, -0.05) is 31.4 Å². The Labute approximate surface area is 121 Å². The Morgan fingerprint density at radius 1 is 1.42 bits per heavy atom. The second-order valence-corrected chi connectivity index (χ2v) is 5.99. The maximum atomic E-state index is 10.1. The summed E-state index contributed by atoms with van der Waals surface area (Å²) in [6, 6.07) is 6.22. The summed E-state index contributed by atoms with van der Waals surface area (Å²) < 4.78 is 0. The topological polar surface area (TPSA) is 23.5 Å². The predicted octanol–water partition coefficient (Wildman–Crippen LogP) is 4.76. The van der Waals surface area contributed by atoms with Gasteiger partial charge in [-0.2, -0.15) is 0 Å². The van der Waals surface area contributed by atoms with Gasteiger partial charge in [-0.05, 0) is 50.9 Å². The number of hydrogen-bond donors (Lipinski definition) is 1. The zero-order valence-corrected chi connectivity index (χ0v) is 12.7. The average Bonchev–Trinajstić information content (AvgIpc) is 2.42. The first-order valence-corrected chi connectivity index (χ1v) is 7.75. The summed E-state index contributed by atoms with van der Waals surface area (Å²) in [5.41, 5.74) is 0.954. The molecule has 0 aliphatic carbocycles. The van der Waals surface area contributed by atoms with E-state index in [1.807, 2.05) is 6.07 Å². The van der Waals surface area contributed by atoms with E-state index in [0.717, 1.165) is 12.1 Å². The van der Waals surface area contributed by atoms with E-state index in [1.54, 1.807) is 12.1 Å². The molecule has 0 aromatic heterocycles. The van der Waals surface area contributed by atoms with E-state index in [9.17, 15) is 5.11 Å². The minimum Gasteiger partial charge on any atom is -0.508 e. The summed E-state index contributed by atoms with van der Waals surface area (Å²) in [4.78, 5) is 2.54. The Morgan fingerprint density at radius 2 is 2.21 bits per heavy atom. The number of benzene rings is 1. The first-order valence-electron chi connectivity index (χ1n) is 7.37. The van der Waals surface area contributed by atoms with Crippen LogP contribution in [0.2, 0.25) is 5.02 Å².